The first-order valence-electron chi connectivity index (χ1n) is 8.64. The second-order valence-corrected chi connectivity index (χ2v) is 10.3. The molecule has 1 aromatic heterocycles. The van der Waals surface area contributed by atoms with Crippen molar-refractivity contribution in [3.05, 3.63) is 41.6 Å². The number of aromatic nitrogens is 1. The van der Waals surface area contributed by atoms with E-state index < -0.39 is 0 Å². The van der Waals surface area contributed by atoms with Gasteiger partial charge in [0.25, 0.3) is 0 Å². The Morgan fingerprint density at radius 1 is 1.21 bits per heavy atom. The fourth-order valence-electron chi connectivity index (χ4n) is 3.26. The maximum Gasteiger partial charge on any atom is 0.0843 e. The molecule has 1 aromatic carbocycles. The number of para-hydroxylation sites is 1. The Morgan fingerprint density at radius 2 is 1.92 bits per heavy atom. The number of benzene rings is 1. The lowest BCUT2D eigenvalue weighted by molar-refractivity contribution is 0.300. The van der Waals surface area contributed by atoms with Gasteiger partial charge in [0.1, 0.15) is 0 Å². The highest BCUT2D eigenvalue weighted by molar-refractivity contribution is 8.19. The van der Waals surface area contributed by atoms with E-state index in [9.17, 15) is 5.11 Å². The zero-order valence-corrected chi connectivity index (χ0v) is 16.4. The van der Waals surface area contributed by atoms with Crippen LogP contribution in [0.1, 0.15) is 38.4 Å². The molecule has 0 radical (unpaired) electrons. The molecule has 1 aliphatic rings. The molecular formula is C20H27NOS2. The van der Waals surface area contributed by atoms with Crippen molar-refractivity contribution in [2.75, 3.05) is 18.1 Å². The highest BCUT2D eigenvalue weighted by Gasteiger charge is 2.42. The van der Waals surface area contributed by atoms with Crippen molar-refractivity contribution < 1.29 is 5.11 Å². The normalized spacial score (nSPS) is 18.5. The quantitative estimate of drug-likeness (QED) is 0.773. The van der Waals surface area contributed by atoms with Crippen molar-refractivity contribution in [3.8, 4) is 0 Å². The van der Waals surface area contributed by atoms with Crippen LogP contribution in [0.4, 0.5) is 0 Å². The monoisotopic (exact) mass is 361 g/mol. The summed E-state index contributed by atoms with van der Waals surface area (Å²) in [5, 5.41) is 10.7. The molecule has 2 nitrogen and oxygen atoms in total. The third-order valence-electron chi connectivity index (χ3n) is 4.64. The molecule has 0 saturated carbocycles. The Hall–Kier alpha value is -0.840. The summed E-state index contributed by atoms with van der Waals surface area (Å²) in [7, 11) is 0. The fraction of sp³-hybridized carbons (Fsp3) is 0.500. The predicted octanol–water partition coefficient (Wildman–Crippen LogP) is 5.33. The van der Waals surface area contributed by atoms with Crippen LogP contribution in [0.15, 0.2) is 30.3 Å². The Morgan fingerprint density at radius 3 is 2.58 bits per heavy atom. The number of aliphatic hydroxyl groups is 1. The molecule has 2 aromatic rings. The Bertz CT molecular complexity index is 721. The average molecular weight is 362 g/mol. The molecule has 130 valence electrons. The number of rotatable bonds is 4. The highest BCUT2D eigenvalue weighted by atomic mass is 32.2. The molecule has 4 heteroatoms. The Labute approximate surface area is 153 Å². The van der Waals surface area contributed by atoms with Crippen LogP contribution < -0.4 is 0 Å². The topological polar surface area (TPSA) is 36.0 Å². The molecule has 0 aliphatic carbocycles. The summed E-state index contributed by atoms with van der Waals surface area (Å²) >= 11 is 4.15. The van der Waals surface area contributed by atoms with Crippen LogP contribution in [0.2, 0.25) is 0 Å². The van der Waals surface area contributed by atoms with Gasteiger partial charge < -0.3 is 10.1 Å². The molecule has 1 saturated heterocycles. The van der Waals surface area contributed by atoms with E-state index in [2.05, 4.69) is 85.7 Å². The van der Waals surface area contributed by atoms with Crippen molar-refractivity contribution in [1.82, 2.24) is 4.98 Å². The summed E-state index contributed by atoms with van der Waals surface area (Å²) < 4.78 is 0.110. The molecule has 0 atom stereocenters. The zero-order valence-electron chi connectivity index (χ0n) is 14.8. The van der Waals surface area contributed by atoms with E-state index in [1.165, 1.54) is 28.9 Å². The summed E-state index contributed by atoms with van der Waals surface area (Å²) in [4.78, 5) is 3.54. The van der Waals surface area contributed by atoms with Crippen molar-refractivity contribution in [1.29, 1.82) is 0 Å². The first-order valence-corrected chi connectivity index (χ1v) is 10.6. The molecule has 2 N–H and O–H groups in total. The maximum absolute atomic E-state index is 9.47. The lowest BCUT2D eigenvalue weighted by atomic mass is 9.90. The lowest BCUT2D eigenvalue weighted by Gasteiger charge is -2.44. The van der Waals surface area contributed by atoms with Crippen LogP contribution in [-0.2, 0) is 6.42 Å². The van der Waals surface area contributed by atoms with Gasteiger partial charge in [-0.05, 0) is 47.5 Å². The Balaban J connectivity index is 2.01. The average Bonchev–Trinajstić information content (AvgIpc) is 2.91. The molecule has 24 heavy (non-hydrogen) atoms. The number of aliphatic hydroxyl groups excluding tert-OH is 1. The summed E-state index contributed by atoms with van der Waals surface area (Å²) in [5.74, 6) is 2.45. The number of hydrogen-bond donors (Lipinski definition) is 2. The minimum atomic E-state index is 0.110. The third-order valence-corrected chi connectivity index (χ3v) is 8.69. The van der Waals surface area contributed by atoms with Gasteiger partial charge in [-0.3, -0.25) is 0 Å². The number of fused-ring (bicyclic) bond motifs is 1. The van der Waals surface area contributed by atoms with E-state index >= 15 is 0 Å². The van der Waals surface area contributed by atoms with Gasteiger partial charge in [-0.25, -0.2) is 0 Å². The number of thioether (sulfide) groups is 2. The van der Waals surface area contributed by atoms with Crippen LogP contribution >= 0.6 is 23.5 Å². The van der Waals surface area contributed by atoms with Crippen LogP contribution in [-0.4, -0.2) is 32.3 Å². The van der Waals surface area contributed by atoms with Gasteiger partial charge in [0, 0.05) is 23.2 Å². The molecule has 0 bridgehead atoms. The molecule has 0 amide bonds. The number of hydrogen-bond acceptors (Lipinski definition) is 3. The van der Waals surface area contributed by atoms with Crippen molar-refractivity contribution in [3.63, 3.8) is 0 Å². The molecular weight excluding hydrogens is 334 g/mol. The molecule has 0 spiro atoms. The number of aromatic amines is 1. The van der Waals surface area contributed by atoms with Gasteiger partial charge in [-0.1, -0.05) is 45.0 Å². The van der Waals surface area contributed by atoms with Crippen LogP contribution in [0.5, 0.6) is 0 Å². The largest absolute Gasteiger partial charge is 0.396 e. The minimum absolute atomic E-state index is 0.110. The Kier molecular flexibility index (Phi) is 5.38. The van der Waals surface area contributed by atoms with Crippen LogP contribution in [0.25, 0.3) is 17.0 Å². The van der Waals surface area contributed by atoms with Gasteiger partial charge in [0.2, 0.25) is 0 Å². The molecule has 2 heterocycles. The number of H-pyrrole nitrogens is 1. The van der Waals surface area contributed by atoms with E-state index in [-0.39, 0.29) is 16.1 Å². The standard InChI is InChI=1S/C20H27NOS2/c1-19(2,3)20(23-13-6-14-24-20)11-9-18-16(10-12-22)15-7-4-5-8-17(15)21-18/h4-5,7-9,11,21-22H,6,10,12-14H2,1-3H3/b11-9+. The summed E-state index contributed by atoms with van der Waals surface area (Å²) in [6.45, 7) is 7.18. The second-order valence-electron chi connectivity index (χ2n) is 7.34. The maximum atomic E-state index is 9.47. The van der Waals surface area contributed by atoms with Crippen molar-refractivity contribution >= 4 is 40.5 Å². The van der Waals surface area contributed by atoms with Crippen LogP contribution in [0, 0.1) is 5.41 Å². The lowest BCUT2D eigenvalue weighted by Crippen LogP contribution is -2.37. The summed E-state index contributed by atoms with van der Waals surface area (Å²) in [5.41, 5.74) is 3.71. The SMILES string of the molecule is CC(C)(C)C1(/C=C/c2[nH]c3ccccc3c2CCO)SCCCS1. The van der Waals surface area contributed by atoms with E-state index in [4.69, 9.17) is 0 Å². The fourth-order valence-corrected chi connectivity index (χ4v) is 6.66. The van der Waals surface area contributed by atoms with Crippen molar-refractivity contribution in [2.45, 2.75) is 37.7 Å². The smallest absolute Gasteiger partial charge is 0.0843 e. The van der Waals surface area contributed by atoms with Crippen LogP contribution in [0.3, 0.4) is 0 Å². The molecule has 1 aliphatic heterocycles. The van der Waals surface area contributed by atoms with E-state index in [0.29, 0.717) is 6.42 Å². The van der Waals surface area contributed by atoms with Gasteiger partial charge in [0.15, 0.2) is 0 Å². The molecule has 1 fully saturated rings. The third kappa shape index (κ3) is 3.42. The van der Waals surface area contributed by atoms with Gasteiger partial charge in [-0.2, -0.15) is 0 Å². The van der Waals surface area contributed by atoms with E-state index in [1.54, 1.807) is 0 Å². The number of nitrogens with one attached hydrogen (secondary N) is 1. The first-order chi connectivity index (χ1) is 11.5. The zero-order chi connectivity index (χ0) is 17.2. The van der Waals surface area contributed by atoms with E-state index in [1.807, 2.05) is 0 Å². The molecule has 3 rings (SSSR count). The van der Waals surface area contributed by atoms with Gasteiger partial charge >= 0.3 is 0 Å². The summed E-state index contributed by atoms with van der Waals surface area (Å²) in [6.07, 6.45) is 6.63. The van der Waals surface area contributed by atoms with Gasteiger partial charge in [-0.15, -0.1) is 23.5 Å². The molecule has 0 unspecified atom stereocenters. The van der Waals surface area contributed by atoms with Crippen molar-refractivity contribution in [2.24, 2.45) is 5.41 Å². The predicted molar refractivity (Wildman–Crippen MR) is 110 cm³/mol. The van der Waals surface area contributed by atoms with Gasteiger partial charge in [0.05, 0.1) is 4.08 Å². The second kappa shape index (κ2) is 7.19. The minimum Gasteiger partial charge on any atom is -0.396 e. The highest BCUT2D eigenvalue weighted by Crippen LogP contribution is 2.54. The first kappa shape index (κ1) is 18.0. The van der Waals surface area contributed by atoms with E-state index in [0.717, 1.165) is 11.2 Å². The summed E-state index contributed by atoms with van der Waals surface area (Å²) in [6, 6.07) is 8.36.